The van der Waals surface area contributed by atoms with Gasteiger partial charge in [0.15, 0.2) is 0 Å². The fourth-order valence-electron chi connectivity index (χ4n) is 5.55. The summed E-state index contributed by atoms with van der Waals surface area (Å²) in [7, 11) is 0. The Hall–Kier alpha value is -1.59. The van der Waals surface area contributed by atoms with Crippen LogP contribution in [0.1, 0.15) is 68.9 Å². The summed E-state index contributed by atoms with van der Waals surface area (Å²) in [5.41, 5.74) is 4.13. The molecule has 0 aromatic heterocycles. The number of hydrogen-bond donors (Lipinski definition) is 0. The van der Waals surface area contributed by atoms with E-state index in [1.165, 1.54) is 88.6 Å². The maximum absolute atomic E-state index is 9.18. The molecule has 0 amide bonds. The summed E-state index contributed by atoms with van der Waals surface area (Å²) < 4.78 is 0. The highest BCUT2D eigenvalue weighted by Crippen LogP contribution is 2.64. The van der Waals surface area contributed by atoms with E-state index < -0.39 is 0 Å². The van der Waals surface area contributed by atoms with E-state index in [0.717, 1.165) is 17.4 Å². The third-order valence-corrected chi connectivity index (χ3v) is 7.30. The number of fused-ring (bicyclic) bond motifs is 1. The Morgan fingerprint density at radius 1 is 1.27 bits per heavy atom. The van der Waals surface area contributed by atoms with Crippen molar-refractivity contribution in [1.29, 1.82) is 5.26 Å². The summed E-state index contributed by atoms with van der Waals surface area (Å²) in [5, 5.41) is 9.18. The van der Waals surface area contributed by atoms with Crippen LogP contribution in [0.15, 0.2) is 36.4 Å². The molecule has 1 saturated heterocycles. The third-order valence-electron chi connectivity index (χ3n) is 7.30. The smallest absolute Gasteiger partial charge is 0.0991 e. The zero-order valence-corrected chi connectivity index (χ0v) is 16.1. The molecule has 1 aromatic rings. The second kappa shape index (κ2) is 7.57. The topological polar surface area (TPSA) is 27.0 Å². The Balaban J connectivity index is 1.24. The van der Waals surface area contributed by atoms with Crippen molar-refractivity contribution in [2.75, 3.05) is 19.6 Å². The SMILES string of the molecule is C=C(CCCCN1CCCC1)C1CC[C@]2(c3cccc(C#N)c3)CC2C1. The van der Waals surface area contributed by atoms with Gasteiger partial charge in [0.2, 0.25) is 0 Å². The Kier molecular flexibility index (Phi) is 5.18. The second-order valence-electron chi connectivity index (χ2n) is 8.89. The maximum atomic E-state index is 9.18. The van der Waals surface area contributed by atoms with Gasteiger partial charge in [0.05, 0.1) is 11.6 Å². The Morgan fingerprint density at radius 2 is 2.12 bits per heavy atom. The van der Waals surface area contributed by atoms with Gasteiger partial charge in [-0.25, -0.2) is 0 Å². The van der Waals surface area contributed by atoms with Crippen molar-refractivity contribution in [3.63, 3.8) is 0 Å². The molecule has 0 radical (unpaired) electrons. The first-order valence-corrected chi connectivity index (χ1v) is 10.6. The van der Waals surface area contributed by atoms with Crippen LogP contribution in [0.4, 0.5) is 0 Å². The Morgan fingerprint density at radius 3 is 2.88 bits per heavy atom. The summed E-state index contributed by atoms with van der Waals surface area (Å²) in [6.07, 6.45) is 11.9. The molecule has 2 saturated carbocycles. The van der Waals surface area contributed by atoms with Crippen molar-refractivity contribution in [2.24, 2.45) is 11.8 Å². The monoisotopic (exact) mass is 348 g/mol. The molecule has 0 N–H and O–H groups in total. The largest absolute Gasteiger partial charge is 0.303 e. The minimum atomic E-state index is 0.388. The second-order valence-corrected chi connectivity index (χ2v) is 8.89. The minimum Gasteiger partial charge on any atom is -0.303 e. The minimum absolute atomic E-state index is 0.388. The molecule has 3 fully saturated rings. The molecular formula is C24H32N2. The predicted octanol–water partition coefficient (Wildman–Crippen LogP) is 5.44. The van der Waals surface area contributed by atoms with Crippen molar-refractivity contribution in [1.82, 2.24) is 4.90 Å². The number of rotatable bonds is 7. The highest BCUT2D eigenvalue weighted by molar-refractivity contribution is 5.41. The van der Waals surface area contributed by atoms with Gasteiger partial charge in [0.25, 0.3) is 0 Å². The van der Waals surface area contributed by atoms with Gasteiger partial charge in [0, 0.05) is 0 Å². The molecule has 3 aliphatic rings. The van der Waals surface area contributed by atoms with Crippen LogP contribution < -0.4 is 0 Å². The molecular weight excluding hydrogens is 316 g/mol. The molecule has 1 aromatic carbocycles. The molecule has 2 heteroatoms. The number of benzene rings is 1. The normalized spacial score (nSPS) is 30.6. The first-order valence-electron chi connectivity index (χ1n) is 10.6. The molecule has 3 atom stereocenters. The lowest BCUT2D eigenvalue weighted by molar-refractivity contribution is 0.323. The van der Waals surface area contributed by atoms with E-state index in [1.807, 2.05) is 6.07 Å². The summed E-state index contributed by atoms with van der Waals surface area (Å²) in [6, 6.07) is 10.7. The van der Waals surface area contributed by atoms with Crippen molar-refractivity contribution < 1.29 is 0 Å². The van der Waals surface area contributed by atoms with Crippen molar-refractivity contribution in [3.8, 4) is 6.07 Å². The van der Waals surface area contributed by atoms with Crippen LogP contribution >= 0.6 is 0 Å². The van der Waals surface area contributed by atoms with Crippen molar-refractivity contribution in [2.45, 2.75) is 63.2 Å². The Bertz CT molecular complexity index is 694. The number of nitrogens with zero attached hydrogens (tertiary/aromatic N) is 2. The van der Waals surface area contributed by atoms with Gasteiger partial charge < -0.3 is 4.90 Å². The standard InChI is InChI=1S/C24H32N2/c1-19(7-2-3-12-26-13-4-5-14-26)21-10-11-24(17-23(24)16-21)22-9-6-8-20(15-22)18-25/h6,8-9,15,21,23H,1-5,7,10-14,16-17H2/t21?,23?,24-/m1/s1. The van der Waals surface area contributed by atoms with Gasteiger partial charge in [-0.2, -0.15) is 5.26 Å². The van der Waals surface area contributed by atoms with Gasteiger partial charge in [-0.05, 0) is 112 Å². The highest BCUT2D eigenvalue weighted by Gasteiger charge is 2.57. The van der Waals surface area contributed by atoms with Crippen LogP contribution in [0.2, 0.25) is 0 Å². The van der Waals surface area contributed by atoms with Gasteiger partial charge in [-0.15, -0.1) is 0 Å². The Labute approximate surface area is 158 Å². The van der Waals surface area contributed by atoms with E-state index >= 15 is 0 Å². The number of unbranched alkanes of at least 4 members (excludes halogenated alkanes) is 1. The van der Waals surface area contributed by atoms with Crippen LogP contribution in [-0.2, 0) is 5.41 Å². The van der Waals surface area contributed by atoms with E-state index in [4.69, 9.17) is 0 Å². The summed E-state index contributed by atoms with van der Waals surface area (Å²) in [5.74, 6) is 1.55. The fourth-order valence-corrected chi connectivity index (χ4v) is 5.55. The molecule has 2 nitrogen and oxygen atoms in total. The molecule has 0 bridgehead atoms. The highest BCUT2D eigenvalue weighted by atomic mass is 15.1. The lowest BCUT2D eigenvalue weighted by Gasteiger charge is -2.30. The average molecular weight is 349 g/mol. The number of allylic oxidation sites excluding steroid dienone is 1. The lowest BCUT2D eigenvalue weighted by atomic mass is 9.75. The summed E-state index contributed by atoms with van der Waals surface area (Å²) in [6.45, 7) is 8.40. The zero-order chi connectivity index (χ0) is 18.0. The average Bonchev–Trinajstić information content (AvgIpc) is 3.20. The van der Waals surface area contributed by atoms with Crippen LogP contribution in [0.5, 0.6) is 0 Å². The van der Waals surface area contributed by atoms with Crippen LogP contribution in [0.25, 0.3) is 0 Å². The number of nitriles is 1. The third kappa shape index (κ3) is 3.60. The van der Waals surface area contributed by atoms with E-state index in [9.17, 15) is 5.26 Å². The van der Waals surface area contributed by atoms with Gasteiger partial charge in [0.1, 0.15) is 0 Å². The molecule has 4 rings (SSSR count). The van der Waals surface area contributed by atoms with Gasteiger partial charge in [-0.3, -0.25) is 0 Å². The quantitative estimate of drug-likeness (QED) is 0.485. The maximum Gasteiger partial charge on any atom is 0.0991 e. The van der Waals surface area contributed by atoms with Gasteiger partial charge in [-0.1, -0.05) is 24.3 Å². The fraction of sp³-hybridized carbons (Fsp3) is 0.625. The van der Waals surface area contributed by atoms with Crippen molar-refractivity contribution >= 4 is 0 Å². The molecule has 1 heterocycles. The molecule has 138 valence electrons. The first kappa shape index (κ1) is 17.8. The first-order chi connectivity index (χ1) is 12.7. The summed E-state index contributed by atoms with van der Waals surface area (Å²) >= 11 is 0. The van der Waals surface area contributed by atoms with Crippen LogP contribution in [0, 0.1) is 23.2 Å². The molecule has 1 aliphatic heterocycles. The molecule has 2 unspecified atom stereocenters. The molecule has 2 aliphatic carbocycles. The zero-order valence-electron chi connectivity index (χ0n) is 16.1. The van der Waals surface area contributed by atoms with Gasteiger partial charge >= 0.3 is 0 Å². The van der Waals surface area contributed by atoms with E-state index in [1.54, 1.807) is 0 Å². The summed E-state index contributed by atoms with van der Waals surface area (Å²) in [4.78, 5) is 2.62. The van der Waals surface area contributed by atoms with E-state index in [2.05, 4.69) is 35.7 Å². The predicted molar refractivity (Wildman–Crippen MR) is 107 cm³/mol. The number of hydrogen-bond acceptors (Lipinski definition) is 2. The van der Waals surface area contributed by atoms with Crippen LogP contribution in [0.3, 0.4) is 0 Å². The number of likely N-dealkylation sites (tertiary alicyclic amines) is 1. The molecule has 26 heavy (non-hydrogen) atoms. The molecule has 0 spiro atoms. The van der Waals surface area contributed by atoms with E-state index in [0.29, 0.717) is 5.41 Å². The van der Waals surface area contributed by atoms with Crippen molar-refractivity contribution in [3.05, 3.63) is 47.5 Å². The van der Waals surface area contributed by atoms with Crippen LogP contribution in [-0.4, -0.2) is 24.5 Å². The lowest BCUT2D eigenvalue weighted by Crippen LogP contribution is -2.21. The van der Waals surface area contributed by atoms with E-state index in [-0.39, 0.29) is 0 Å².